The van der Waals surface area contributed by atoms with E-state index in [1.54, 1.807) is 4.90 Å². The molecule has 0 saturated carbocycles. The lowest BCUT2D eigenvalue weighted by Crippen LogP contribution is -2.22. The predicted molar refractivity (Wildman–Crippen MR) is 90.9 cm³/mol. The second-order valence-electron chi connectivity index (χ2n) is 6.20. The number of β-amino-alcohol motifs (C(OH)–C–C–N with tert-alkyl or cyclic N) is 2. The summed E-state index contributed by atoms with van der Waals surface area (Å²) in [7, 11) is 0. The van der Waals surface area contributed by atoms with Crippen LogP contribution in [-0.4, -0.2) is 55.3 Å². The number of aliphatic hydroxyl groups is 2. The number of hydrogen-bond donors (Lipinski definition) is 2. The lowest BCUT2D eigenvalue weighted by Gasteiger charge is -2.17. The summed E-state index contributed by atoms with van der Waals surface area (Å²) in [5, 5.41) is 24.0. The van der Waals surface area contributed by atoms with Crippen LogP contribution in [-0.2, 0) is 6.18 Å². The van der Waals surface area contributed by atoms with Gasteiger partial charge in [-0.1, -0.05) is 6.07 Å². The minimum absolute atomic E-state index is 0.123. The van der Waals surface area contributed by atoms with Crippen LogP contribution < -0.4 is 4.90 Å². The van der Waals surface area contributed by atoms with E-state index in [1.165, 1.54) is 23.0 Å². The molecule has 0 radical (unpaired) electrons. The van der Waals surface area contributed by atoms with Crippen molar-refractivity contribution in [2.75, 3.05) is 18.0 Å². The van der Waals surface area contributed by atoms with Gasteiger partial charge in [-0.05, 0) is 29.8 Å². The standard InChI is InChI=1S/C16H13ClF3N5O2/c17-15-22-13(24-6-11(26)12(27)7-24)10-5-21-25(14(10)23-15)9-3-1-2-8(4-9)16(18,19)20/h1-5,11-12,26-27H,6-7H2. The zero-order chi connectivity index (χ0) is 19.3. The molecule has 2 atom stereocenters. The number of rotatable bonds is 2. The fourth-order valence-corrected chi connectivity index (χ4v) is 3.21. The number of fused-ring (bicyclic) bond motifs is 1. The summed E-state index contributed by atoms with van der Waals surface area (Å²) in [5.74, 6) is 0.346. The molecule has 142 valence electrons. The van der Waals surface area contributed by atoms with Crippen molar-refractivity contribution >= 4 is 28.5 Å². The molecule has 0 aliphatic carbocycles. The van der Waals surface area contributed by atoms with Crippen LogP contribution in [0.2, 0.25) is 5.28 Å². The van der Waals surface area contributed by atoms with Crippen LogP contribution in [0.25, 0.3) is 16.7 Å². The molecular formula is C16H13ClF3N5O2. The summed E-state index contributed by atoms with van der Waals surface area (Å²) in [6.07, 6.45) is -4.95. The fraction of sp³-hybridized carbons (Fsp3) is 0.312. The van der Waals surface area contributed by atoms with Crippen molar-refractivity contribution < 1.29 is 23.4 Å². The number of hydrogen-bond acceptors (Lipinski definition) is 6. The van der Waals surface area contributed by atoms with Gasteiger partial charge >= 0.3 is 6.18 Å². The first-order valence-electron chi connectivity index (χ1n) is 7.94. The second-order valence-corrected chi connectivity index (χ2v) is 6.54. The number of benzene rings is 1. The van der Waals surface area contributed by atoms with Gasteiger partial charge in [-0.3, -0.25) is 0 Å². The van der Waals surface area contributed by atoms with Crippen LogP contribution in [0.5, 0.6) is 0 Å². The smallest absolute Gasteiger partial charge is 0.389 e. The van der Waals surface area contributed by atoms with E-state index in [9.17, 15) is 23.4 Å². The van der Waals surface area contributed by atoms with Crippen LogP contribution >= 0.6 is 11.6 Å². The summed E-state index contributed by atoms with van der Waals surface area (Å²) >= 11 is 6.00. The highest BCUT2D eigenvalue weighted by Gasteiger charge is 2.33. The molecule has 2 unspecified atom stereocenters. The van der Waals surface area contributed by atoms with Crippen LogP contribution in [0.4, 0.5) is 19.0 Å². The van der Waals surface area contributed by atoms with Crippen molar-refractivity contribution in [2.45, 2.75) is 18.4 Å². The van der Waals surface area contributed by atoms with Crippen LogP contribution in [0.15, 0.2) is 30.5 Å². The first-order chi connectivity index (χ1) is 12.7. The van der Waals surface area contributed by atoms with Crippen molar-refractivity contribution in [2.24, 2.45) is 0 Å². The molecule has 11 heteroatoms. The van der Waals surface area contributed by atoms with E-state index in [-0.39, 0.29) is 29.7 Å². The van der Waals surface area contributed by atoms with Crippen molar-refractivity contribution in [1.29, 1.82) is 0 Å². The van der Waals surface area contributed by atoms with Crippen molar-refractivity contribution in [1.82, 2.24) is 19.7 Å². The minimum atomic E-state index is -4.49. The number of alkyl halides is 3. The lowest BCUT2D eigenvalue weighted by atomic mass is 10.2. The van der Waals surface area contributed by atoms with Gasteiger partial charge in [0.05, 0.1) is 35.0 Å². The van der Waals surface area contributed by atoms with Gasteiger partial charge in [0.2, 0.25) is 5.28 Å². The molecular weight excluding hydrogens is 387 g/mol. The summed E-state index contributed by atoms with van der Waals surface area (Å²) in [5.41, 5.74) is -0.419. The molecule has 1 saturated heterocycles. The van der Waals surface area contributed by atoms with Gasteiger partial charge in [0, 0.05) is 13.1 Å². The van der Waals surface area contributed by atoms with Gasteiger partial charge < -0.3 is 15.1 Å². The monoisotopic (exact) mass is 399 g/mol. The van der Waals surface area contributed by atoms with Crippen molar-refractivity contribution in [3.63, 3.8) is 0 Å². The zero-order valence-electron chi connectivity index (χ0n) is 13.6. The van der Waals surface area contributed by atoms with Crippen LogP contribution in [0.3, 0.4) is 0 Å². The Labute approximate surface area is 155 Å². The molecule has 1 aliphatic heterocycles. The molecule has 2 N–H and O–H groups in total. The van der Waals surface area contributed by atoms with E-state index in [0.717, 1.165) is 12.1 Å². The highest BCUT2D eigenvalue weighted by Crippen LogP contribution is 2.32. The third kappa shape index (κ3) is 3.20. The lowest BCUT2D eigenvalue weighted by molar-refractivity contribution is -0.137. The van der Waals surface area contributed by atoms with Gasteiger partial charge in [-0.15, -0.1) is 0 Å². The molecule has 2 aromatic heterocycles. The van der Waals surface area contributed by atoms with Crippen molar-refractivity contribution in [3.8, 4) is 5.69 Å². The fourth-order valence-electron chi connectivity index (χ4n) is 3.05. The van der Waals surface area contributed by atoms with E-state index < -0.39 is 23.9 Å². The Morgan fingerprint density at radius 1 is 1.11 bits per heavy atom. The topological polar surface area (TPSA) is 87.3 Å². The van der Waals surface area contributed by atoms with Crippen LogP contribution in [0.1, 0.15) is 5.56 Å². The normalized spacial score (nSPS) is 20.6. The van der Waals surface area contributed by atoms with Gasteiger partial charge in [-0.25, -0.2) is 4.68 Å². The number of anilines is 1. The summed E-state index contributed by atoms with van der Waals surface area (Å²) in [6, 6.07) is 4.68. The van der Waals surface area contributed by atoms with Crippen LogP contribution in [0, 0.1) is 0 Å². The Kier molecular flexibility index (Phi) is 4.21. The Morgan fingerprint density at radius 3 is 2.48 bits per heavy atom. The summed E-state index contributed by atoms with van der Waals surface area (Å²) < 4.78 is 40.2. The molecule has 1 aliphatic rings. The molecule has 3 heterocycles. The maximum absolute atomic E-state index is 13.0. The molecule has 7 nitrogen and oxygen atoms in total. The Morgan fingerprint density at radius 2 is 1.81 bits per heavy atom. The molecule has 3 aromatic rings. The number of aliphatic hydroxyl groups excluding tert-OH is 2. The number of halogens is 4. The highest BCUT2D eigenvalue weighted by molar-refractivity contribution is 6.28. The molecule has 1 fully saturated rings. The average Bonchev–Trinajstić information content (AvgIpc) is 3.17. The first-order valence-corrected chi connectivity index (χ1v) is 8.32. The molecule has 1 aromatic carbocycles. The SMILES string of the molecule is OC1CN(c2nc(Cl)nc3c2cnn3-c2cccc(C(F)(F)F)c2)CC1O. The number of nitrogens with zero attached hydrogens (tertiary/aromatic N) is 5. The molecule has 27 heavy (non-hydrogen) atoms. The van der Waals surface area contributed by atoms with E-state index in [0.29, 0.717) is 11.2 Å². The third-order valence-corrected chi connectivity index (χ3v) is 4.53. The summed E-state index contributed by atoms with van der Waals surface area (Å²) in [6.45, 7) is 0.274. The van der Waals surface area contributed by atoms with Gasteiger partial charge in [-0.2, -0.15) is 28.2 Å². The van der Waals surface area contributed by atoms with E-state index in [4.69, 9.17) is 11.6 Å². The predicted octanol–water partition coefficient (Wildman–Crippen LogP) is 2.03. The Hall–Kier alpha value is -2.43. The average molecular weight is 400 g/mol. The molecule has 0 bridgehead atoms. The van der Waals surface area contributed by atoms with Gasteiger partial charge in [0.1, 0.15) is 5.82 Å². The second kappa shape index (κ2) is 6.32. The van der Waals surface area contributed by atoms with E-state index in [1.807, 2.05) is 0 Å². The molecule has 4 rings (SSSR count). The molecule has 0 spiro atoms. The van der Waals surface area contributed by atoms with E-state index in [2.05, 4.69) is 15.1 Å². The quantitative estimate of drug-likeness (QED) is 0.641. The van der Waals surface area contributed by atoms with Crippen molar-refractivity contribution in [3.05, 3.63) is 41.3 Å². The number of aromatic nitrogens is 4. The Bertz CT molecular complexity index is 999. The Balaban J connectivity index is 1.83. The summed E-state index contributed by atoms with van der Waals surface area (Å²) in [4.78, 5) is 9.86. The van der Waals surface area contributed by atoms with Gasteiger partial charge in [0.15, 0.2) is 5.65 Å². The third-order valence-electron chi connectivity index (χ3n) is 4.36. The zero-order valence-corrected chi connectivity index (χ0v) is 14.4. The highest BCUT2D eigenvalue weighted by atomic mass is 35.5. The maximum Gasteiger partial charge on any atom is 0.416 e. The maximum atomic E-state index is 13.0. The largest absolute Gasteiger partial charge is 0.416 e. The minimum Gasteiger partial charge on any atom is -0.389 e. The van der Waals surface area contributed by atoms with E-state index >= 15 is 0 Å². The first kappa shape index (κ1) is 18.0. The van der Waals surface area contributed by atoms with Gasteiger partial charge in [0.25, 0.3) is 0 Å². The molecule has 0 amide bonds.